The molecule has 2 atom stereocenters. The van der Waals surface area contributed by atoms with Crippen LogP contribution in [0.4, 0.5) is 0 Å². The van der Waals surface area contributed by atoms with Gasteiger partial charge in [0.05, 0.1) is 13.2 Å². The van der Waals surface area contributed by atoms with Gasteiger partial charge >= 0.3 is 11.9 Å². The molecule has 0 aromatic heterocycles. The number of amides is 4. The standard InChI is InChI=1S/C50H94N4O8/c1-5-9-11-13-15-17-19-23-27-37-45(55)51-41-33-31-35-43(49(59)61-7-3)53-47(57)39-29-25-21-22-26-30-40-48(58)54-44(50(60)62-8-4)36-32-34-42-52-46(56)38-28-24-20-18-16-14-12-10-6-2/h43-44H,5-42H2,1-4H3,(H,51,55)(H,52,56)(H,53,57)(H,54,58)/t43-,44-/m0/s1. The number of rotatable bonds is 45. The van der Waals surface area contributed by atoms with Crippen molar-refractivity contribution in [2.45, 2.75) is 258 Å². The third-order valence-corrected chi connectivity index (χ3v) is 11.4. The Bertz CT molecular complexity index is 1050. The Kier molecular flexibility index (Phi) is 42.1. The number of nitrogens with one attached hydrogen (secondary N) is 4. The molecule has 0 rings (SSSR count). The van der Waals surface area contributed by atoms with E-state index in [9.17, 15) is 28.8 Å². The molecule has 0 fully saturated rings. The van der Waals surface area contributed by atoms with Gasteiger partial charge in [-0.15, -0.1) is 0 Å². The zero-order valence-electron chi connectivity index (χ0n) is 40.3. The number of carbonyl (C=O) groups is 6. The molecule has 62 heavy (non-hydrogen) atoms. The third-order valence-electron chi connectivity index (χ3n) is 11.4. The highest BCUT2D eigenvalue weighted by molar-refractivity contribution is 5.85. The summed E-state index contributed by atoms with van der Waals surface area (Å²) in [5.74, 6) is -1.03. The zero-order valence-corrected chi connectivity index (χ0v) is 40.3. The number of esters is 2. The minimum absolute atomic E-state index is 0.0776. The molecule has 0 radical (unpaired) electrons. The van der Waals surface area contributed by atoms with E-state index in [1.54, 1.807) is 13.8 Å². The van der Waals surface area contributed by atoms with E-state index >= 15 is 0 Å². The number of hydrogen-bond donors (Lipinski definition) is 4. The van der Waals surface area contributed by atoms with Crippen molar-refractivity contribution in [3.8, 4) is 0 Å². The molecule has 0 aliphatic carbocycles. The van der Waals surface area contributed by atoms with Crippen LogP contribution in [0, 0.1) is 0 Å². The normalized spacial score (nSPS) is 12.0. The van der Waals surface area contributed by atoms with Crippen LogP contribution in [-0.4, -0.2) is 74.0 Å². The summed E-state index contributed by atoms with van der Waals surface area (Å²) in [6.45, 7) is 9.56. The molecule has 362 valence electrons. The van der Waals surface area contributed by atoms with Gasteiger partial charge in [-0.3, -0.25) is 19.2 Å². The van der Waals surface area contributed by atoms with Crippen molar-refractivity contribution in [1.82, 2.24) is 21.3 Å². The number of unbranched alkanes of at least 4 members (excludes halogenated alkanes) is 23. The van der Waals surface area contributed by atoms with Gasteiger partial charge in [0, 0.05) is 38.8 Å². The predicted molar refractivity (Wildman–Crippen MR) is 251 cm³/mol. The van der Waals surface area contributed by atoms with Crippen LogP contribution in [0.3, 0.4) is 0 Å². The lowest BCUT2D eigenvalue weighted by Gasteiger charge is -2.17. The van der Waals surface area contributed by atoms with Crippen LogP contribution in [0.5, 0.6) is 0 Å². The van der Waals surface area contributed by atoms with Crippen LogP contribution in [0.2, 0.25) is 0 Å². The molecule has 0 spiro atoms. The monoisotopic (exact) mass is 879 g/mol. The van der Waals surface area contributed by atoms with E-state index in [4.69, 9.17) is 9.47 Å². The Balaban J connectivity index is 4.16. The van der Waals surface area contributed by atoms with Gasteiger partial charge in [-0.25, -0.2) is 9.59 Å². The molecule has 0 aromatic carbocycles. The number of carbonyl (C=O) groups excluding carboxylic acids is 6. The summed E-state index contributed by atoms with van der Waals surface area (Å²) >= 11 is 0. The Morgan fingerprint density at radius 2 is 0.613 bits per heavy atom. The van der Waals surface area contributed by atoms with Crippen LogP contribution < -0.4 is 21.3 Å². The first-order valence-electron chi connectivity index (χ1n) is 25.6. The summed E-state index contributed by atoms with van der Waals surface area (Å²) < 4.78 is 10.4. The van der Waals surface area contributed by atoms with E-state index < -0.39 is 24.0 Å². The second kappa shape index (κ2) is 44.4. The second-order valence-electron chi connectivity index (χ2n) is 17.2. The van der Waals surface area contributed by atoms with Crippen LogP contribution in [0.25, 0.3) is 0 Å². The maximum absolute atomic E-state index is 12.7. The summed E-state index contributed by atoms with van der Waals surface area (Å²) in [6, 6.07) is -1.39. The average Bonchev–Trinajstić information content (AvgIpc) is 3.25. The highest BCUT2D eigenvalue weighted by atomic mass is 16.5. The van der Waals surface area contributed by atoms with E-state index in [0.717, 1.165) is 64.2 Å². The summed E-state index contributed by atoms with van der Waals surface area (Å²) in [6.07, 6.45) is 32.5. The van der Waals surface area contributed by atoms with Crippen molar-refractivity contribution >= 4 is 35.6 Å². The van der Waals surface area contributed by atoms with Crippen LogP contribution >= 0.6 is 0 Å². The summed E-state index contributed by atoms with van der Waals surface area (Å²) in [4.78, 5) is 74.9. The van der Waals surface area contributed by atoms with Crippen molar-refractivity contribution in [2.24, 2.45) is 0 Å². The first-order chi connectivity index (χ1) is 30.2. The average molecular weight is 879 g/mol. The fraction of sp³-hybridized carbons (Fsp3) is 0.880. The molecule has 0 saturated heterocycles. The molecule has 4 amide bonds. The molecule has 0 heterocycles. The molecule has 0 unspecified atom stereocenters. The maximum Gasteiger partial charge on any atom is 0.328 e. The number of ether oxygens (including phenoxy) is 2. The lowest BCUT2D eigenvalue weighted by Crippen LogP contribution is -2.42. The Labute approximate surface area is 378 Å². The van der Waals surface area contributed by atoms with Crippen molar-refractivity contribution in [3.05, 3.63) is 0 Å². The van der Waals surface area contributed by atoms with Gasteiger partial charge in [0.15, 0.2) is 0 Å². The molecule has 0 aliphatic heterocycles. The minimum atomic E-state index is -0.693. The molecule has 0 saturated carbocycles. The summed E-state index contributed by atoms with van der Waals surface area (Å²) in [5.41, 5.74) is 0. The van der Waals surface area contributed by atoms with Crippen LogP contribution in [0.1, 0.15) is 246 Å². The van der Waals surface area contributed by atoms with Gasteiger partial charge in [-0.2, -0.15) is 0 Å². The van der Waals surface area contributed by atoms with Gasteiger partial charge in [0.2, 0.25) is 23.6 Å². The van der Waals surface area contributed by atoms with Crippen molar-refractivity contribution in [3.63, 3.8) is 0 Å². The highest BCUT2D eigenvalue weighted by Gasteiger charge is 2.23. The first-order valence-corrected chi connectivity index (χ1v) is 25.6. The minimum Gasteiger partial charge on any atom is -0.464 e. The molecule has 12 nitrogen and oxygen atoms in total. The van der Waals surface area contributed by atoms with Gasteiger partial charge in [0.25, 0.3) is 0 Å². The van der Waals surface area contributed by atoms with E-state index in [1.165, 1.54) is 89.9 Å². The smallest absolute Gasteiger partial charge is 0.328 e. The van der Waals surface area contributed by atoms with E-state index in [2.05, 4.69) is 35.1 Å². The fourth-order valence-corrected chi connectivity index (χ4v) is 7.57. The molecule has 4 N–H and O–H groups in total. The molecule has 0 bridgehead atoms. The topological polar surface area (TPSA) is 169 Å². The molecular formula is C50H94N4O8. The molecule has 0 aliphatic rings. The third kappa shape index (κ3) is 38.5. The van der Waals surface area contributed by atoms with E-state index in [0.29, 0.717) is 77.3 Å². The lowest BCUT2D eigenvalue weighted by molar-refractivity contribution is -0.148. The second-order valence-corrected chi connectivity index (χ2v) is 17.2. The predicted octanol–water partition coefficient (Wildman–Crippen LogP) is 10.6. The van der Waals surface area contributed by atoms with Gasteiger partial charge in [-0.05, 0) is 78.1 Å². The van der Waals surface area contributed by atoms with Crippen molar-refractivity contribution in [2.75, 3.05) is 26.3 Å². The van der Waals surface area contributed by atoms with Crippen LogP contribution in [-0.2, 0) is 38.2 Å². The zero-order chi connectivity index (χ0) is 45.7. The Morgan fingerprint density at radius 3 is 0.903 bits per heavy atom. The molecular weight excluding hydrogens is 785 g/mol. The van der Waals surface area contributed by atoms with Gasteiger partial charge in [0.1, 0.15) is 12.1 Å². The molecule has 0 aromatic rings. The Morgan fingerprint density at radius 1 is 0.339 bits per heavy atom. The Hall–Kier alpha value is -3.18. The SMILES string of the molecule is CCCCCCCCCCCC(=O)NCCCC[C@H](NC(=O)CCCCCCCCC(=O)N[C@@H](CCCCNC(=O)CCCCCCCCCCC)C(=O)OCC)C(=O)OCC. The fourth-order valence-electron chi connectivity index (χ4n) is 7.57. The first kappa shape index (κ1) is 58.8. The van der Waals surface area contributed by atoms with Gasteiger partial charge in [-0.1, -0.05) is 142 Å². The quantitative estimate of drug-likeness (QED) is 0.0346. The summed E-state index contributed by atoms with van der Waals surface area (Å²) in [5, 5.41) is 11.7. The van der Waals surface area contributed by atoms with Crippen molar-refractivity contribution in [1.29, 1.82) is 0 Å². The van der Waals surface area contributed by atoms with Gasteiger partial charge < -0.3 is 30.7 Å². The van der Waals surface area contributed by atoms with E-state index in [1.807, 2.05) is 0 Å². The largest absolute Gasteiger partial charge is 0.464 e. The van der Waals surface area contributed by atoms with Crippen molar-refractivity contribution < 1.29 is 38.2 Å². The maximum atomic E-state index is 12.7. The van der Waals surface area contributed by atoms with E-state index in [-0.39, 0.29) is 36.8 Å². The molecule has 12 heteroatoms. The van der Waals surface area contributed by atoms with Crippen LogP contribution in [0.15, 0.2) is 0 Å². The number of hydrogen-bond acceptors (Lipinski definition) is 8. The highest BCUT2D eigenvalue weighted by Crippen LogP contribution is 2.14. The lowest BCUT2D eigenvalue weighted by atomic mass is 10.1. The summed E-state index contributed by atoms with van der Waals surface area (Å²) in [7, 11) is 0.